The number of hydrogen-bond donors (Lipinski definition) is 0. The lowest BCUT2D eigenvalue weighted by Gasteiger charge is -2.08. The average Bonchev–Trinajstić information content (AvgIpc) is 2.57. The molecule has 0 radical (unpaired) electrons. The normalized spacial score (nSPS) is 11.7. The van der Waals surface area contributed by atoms with Gasteiger partial charge in [-0.1, -0.05) is 25.6 Å². The zero-order valence-corrected chi connectivity index (χ0v) is 13.5. The Bertz CT molecular complexity index is 545. The van der Waals surface area contributed by atoms with E-state index in [9.17, 15) is 9.59 Å². The van der Waals surface area contributed by atoms with E-state index in [0.29, 0.717) is 5.75 Å². The van der Waals surface area contributed by atoms with Crippen molar-refractivity contribution in [3.8, 4) is 5.75 Å². The number of hydrogen-bond acceptors (Lipinski definition) is 5. The molecule has 0 heterocycles. The van der Waals surface area contributed by atoms with Crippen molar-refractivity contribution in [2.45, 2.75) is 26.4 Å². The molecule has 5 heteroatoms. The molecule has 5 nitrogen and oxygen atoms in total. The average molecular weight is 318 g/mol. The monoisotopic (exact) mass is 318 g/mol. The van der Waals surface area contributed by atoms with Crippen LogP contribution in [-0.4, -0.2) is 31.3 Å². The smallest absolute Gasteiger partial charge is 0.331 e. The van der Waals surface area contributed by atoms with E-state index < -0.39 is 5.97 Å². The van der Waals surface area contributed by atoms with Crippen molar-refractivity contribution >= 4 is 18.0 Å². The lowest BCUT2D eigenvalue weighted by molar-refractivity contribution is -0.142. The molecule has 124 valence electrons. The summed E-state index contributed by atoms with van der Waals surface area (Å²) in [5, 5.41) is 0. The summed E-state index contributed by atoms with van der Waals surface area (Å²) in [5.74, 6) is -0.180. The minimum atomic E-state index is -0.474. The first-order chi connectivity index (χ1) is 11.0. The lowest BCUT2D eigenvalue weighted by atomic mass is 10.2. The van der Waals surface area contributed by atoms with Crippen LogP contribution in [0.15, 0.2) is 43.0 Å². The van der Waals surface area contributed by atoms with Gasteiger partial charge >= 0.3 is 11.9 Å². The Morgan fingerprint density at radius 3 is 2.48 bits per heavy atom. The fourth-order valence-electron chi connectivity index (χ4n) is 1.52. The predicted molar refractivity (Wildman–Crippen MR) is 88.0 cm³/mol. The molecule has 0 spiro atoms. The number of rotatable bonds is 9. The van der Waals surface area contributed by atoms with Gasteiger partial charge in [-0.05, 0) is 37.1 Å². The van der Waals surface area contributed by atoms with Gasteiger partial charge in [0.05, 0.1) is 6.10 Å². The van der Waals surface area contributed by atoms with Gasteiger partial charge < -0.3 is 14.2 Å². The molecule has 0 aliphatic carbocycles. The first kappa shape index (κ1) is 18.5. The third-order valence-corrected chi connectivity index (χ3v) is 2.95. The van der Waals surface area contributed by atoms with E-state index in [1.54, 1.807) is 18.2 Å². The SMILES string of the molecule is C=CC(=O)OCCOc1ccc(C=CC(=O)OC(C)CC)cc1. The molecule has 0 fully saturated rings. The van der Waals surface area contributed by atoms with Gasteiger partial charge in [0.25, 0.3) is 0 Å². The molecule has 1 aromatic carbocycles. The second-order valence-electron chi connectivity index (χ2n) is 4.78. The van der Waals surface area contributed by atoms with Crippen molar-refractivity contribution in [1.29, 1.82) is 0 Å². The van der Waals surface area contributed by atoms with Crippen LogP contribution in [0, 0.1) is 0 Å². The Kier molecular flexibility index (Phi) is 8.21. The molecule has 0 amide bonds. The summed E-state index contributed by atoms with van der Waals surface area (Å²) < 4.78 is 15.4. The summed E-state index contributed by atoms with van der Waals surface area (Å²) >= 11 is 0. The highest BCUT2D eigenvalue weighted by atomic mass is 16.6. The topological polar surface area (TPSA) is 61.8 Å². The molecule has 1 rings (SSSR count). The van der Waals surface area contributed by atoms with Gasteiger partial charge in [-0.25, -0.2) is 9.59 Å². The third-order valence-electron chi connectivity index (χ3n) is 2.95. The number of ether oxygens (including phenoxy) is 3. The van der Waals surface area contributed by atoms with Gasteiger partial charge in [0, 0.05) is 12.2 Å². The maximum absolute atomic E-state index is 11.5. The predicted octanol–water partition coefficient (Wildman–Crippen LogP) is 3.15. The largest absolute Gasteiger partial charge is 0.490 e. The molecule has 23 heavy (non-hydrogen) atoms. The quantitative estimate of drug-likeness (QED) is 0.398. The highest BCUT2D eigenvalue weighted by Gasteiger charge is 2.03. The molecular weight excluding hydrogens is 296 g/mol. The van der Waals surface area contributed by atoms with Crippen LogP contribution in [0.4, 0.5) is 0 Å². The minimum absolute atomic E-state index is 0.0851. The molecule has 0 aromatic heterocycles. The van der Waals surface area contributed by atoms with Gasteiger partial charge in [-0.2, -0.15) is 0 Å². The summed E-state index contributed by atoms with van der Waals surface area (Å²) in [6.45, 7) is 7.53. The van der Waals surface area contributed by atoms with Crippen molar-refractivity contribution in [2.75, 3.05) is 13.2 Å². The van der Waals surface area contributed by atoms with Crippen LogP contribution in [0.5, 0.6) is 5.75 Å². The first-order valence-electron chi connectivity index (χ1n) is 7.46. The Balaban J connectivity index is 2.39. The van der Waals surface area contributed by atoms with E-state index in [0.717, 1.165) is 18.1 Å². The number of carbonyl (C=O) groups is 2. The summed E-state index contributed by atoms with van der Waals surface area (Å²) in [6, 6.07) is 7.18. The van der Waals surface area contributed by atoms with E-state index in [1.807, 2.05) is 26.0 Å². The number of benzene rings is 1. The van der Waals surface area contributed by atoms with Gasteiger partial charge in [-0.15, -0.1) is 0 Å². The molecule has 0 N–H and O–H groups in total. The van der Waals surface area contributed by atoms with Crippen molar-refractivity contribution in [1.82, 2.24) is 0 Å². The van der Waals surface area contributed by atoms with Crippen molar-refractivity contribution < 1.29 is 23.8 Å². The Labute approximate surface area is 136 Å². The lowest BCUT2D eigenvalue weighted by Crippen LogP contribution is -2.11. The first-order valence-corrected chi connectivity index (χ1v) is 7.46. The number of esters is 2. The highest BCUT2D eigenvalue weighted by Crippen LogP contribution is 2.13. The molecule has 0 aliphatic heterocycles. The van der Waals surface area contributed by atoms with E-state index in [1.165, 1.54) is 6.08 Å². The standard InChI is InChI=1S/C18H22O5/c1-4-14(3)23-18(20)11-8-15-6-9-16(10-7-15)21-12-13-22-17(19)5-2/h5-11,14H,2,4,12-13H2,1,3H3. The fourth-order valence-corrected chi connectivity index (χ4v) is 1.52. The molecule has 1 aromatic rings. The maximum atomic E-state index is 11.5. The molecule has 0 bridgehead atoms. The summed E-state index contributed by atoms with van der Waals surface area (Å²) in [7, 11) is 0. The van der Waals surface area contributed by atoms with Gasteiger partial charge in [0.2, 0.25) is 0 Å². The minimum Gasteiger partial charge on any atom is -0.490 e. The van der Waals surface area contributed by atoms with Crippen molar-refractivity contribution in [3.05, 3.63) is 48.6 Å². The highest BCUT2D eigenvalue weighted by molar-refractivity contribution is 5.87. The van der Waals surface area contributed by atoms with E-state index in [-0.39, 0.29) is 25.3 Å². The van der Waals surface area contributed by atoms with E-state index >= 15 is 0 Å². The van der Waals surface area contributed by atoms with Crippen LogP contribution in [0.2, 0.25) is 0 Å². The fraction of sp³-hybridized carbons (Fsp3) is 0.333. The molecule has 1 atom stereocenters. The zero-order valence-electron chi connectivity index (χ0n) is 13.5. The van der Waals surface area contributed by atoms with Crippen LogP contribution in [0.25, 0.3) is 6.08 Å². The van der Waals surface area contributed by atoms with Crippen LogP contribution in [-0.2, 0) is 19.1 Å². The molecular formula is C18H22O5. The Morgan fingerprint density at radius 1 is 1.17 bits per heavy atom. The molecule has 0 saturated heterocycles. The molecule has 0 aliphatic rings. The summed E-state index contributed by atoms with van der Waals surface area (Å²) in [6.07, 6.45) is 4.89. The molecule has 0 saturated carbocycles. The third kappa shape index (κ3) is 7.85. The summed E-state index contributed by atoms with van der Waals surface area (Å²) in [5.41, 5.74) is 0.858. The van der Waals surface area contributed by atoms with E-state index in [4.69, 9.17) is 14.2 Å². The van der Waals surface area contributed by atoms with Crippen molar-refractivity contribution in [2.24, 2.45) is 0 Å². The van der Waals surface area contributed by atoms with Crippen LogP contribution in [0.1, 0.15) is 25.8 Å². The zero-order chi connectivity index (χ0) is 17.1. The van der Waals surface area contributed by atoms with Crippen molar-refractivity contribution in [3.63, 3.8) is 0 Å². The van der Waals surface area contributed by atoms with Crippen LogP contribution in [0.3, 0.4) is 0 Å². The summed E-state index contributed by atoms with van der Waals surface area (Å²) in [4.78, 5) is 22.4. The second-order valence-corrected chi connectivity index (χ2v) is 4.78. The second kappa shape index (κ2) is 10.2. The van der Waals surface area contributed by atoms with Crippen LogP contribution < -0.4 is 4.74 Å². The Morgan fingerprint density at radius 2 is 1.87 bits per heavy atom. The van der Waals surface area contributed by atoms with E-state index in [2.05, 4.69) is 6.58 Å². The molecule has 1 unspecified atom stereocenters. The Hall–Kier alpha value is -2.56. The maximum Gasteiger partial charge on any atom is 0.331 e. The van der Waals surface area contributed by atoms with Gasteiger partial charge in [-0.3, -0.25) is 0 Å². The van der Waals surface area contributed by atoms with Crippen LogP contribution >= 0.6 is 0 Å². The van der Waals surface area contributed by atoms with Gasteiger partial charge in [0.1, 0.15) is 19.0 Å². The number of carbonyl (C=O) groups excluding carboxylic acids is 2. The van der Waals surface area contributed by atoms with Gasteiger partial charge in [0.15, 0.2) is 0 Å².